The lowest BCUT2D eigenvalue weighted by atomic mass is 10.1. The first-order valence-electron chi connectivity index (χ1n) is 5.80. The van der Waals surface area contributed by atoms with Crippen LogP contribution >= 0.6 is 0 Å². The molecule has 19 heavy (non-hydrogen) atoms. The average Bonchev–Trinajstić information content (AvgIpc) is 2.36. The summed E-state index contributed by atoms with van der Waals surface area (Å²) in [6.45, 7) is 0. The lowest BCUT2D eigenvalue weighted by Gasteiger charge is -2.08. The minimum atomic E-state index is -1.29. The molecule has 5 heteroatoms. The van der Waals surface area contributed by atoms with Crippen LogP contribution < -0.4 is 5.32 Å². The normalized spacial score (nSPS) is 9.68. The molecule has 0 fully saturated rings. The van der Waals surface area contributed by atoms with Crippen LogP contribution in [0, 0.1) is 18.2 Å². The van der Waals surface area contributed by atoms with Crippen molar-refractivity contribution in [2.24, 2.45) is 0 Å². The first-order chi connectivity index (χ1) is 9.04. The Morgan fingerprint density at radius 3 is 2.74 bits per heavy atom. The smallest absolute Gasteiger partial charge is 0.337 e. The van der Waals surface area contributed by atoms with Gasteiger partial charge in [-0.05, 0) is 31.0 Å². The van der Waals surface area contributed by atoms with Crippen molar-refractivity contribution < 1.29 is 19.1 Å². The third-order valence-electron chi connectivity index (χ3n) is 2.46. The van der Waals surface area contributed by atoms with Gasteiger partial charge in [0.15, 0.2) is 0 Å². The number of carboxylic acids is 1. The van der Waals surface area contributed by atoms with E-state index in [4.69, 9.17) is 11.5 Å². The molecule has 0 aromatic heterocycles. The van der Waals surface area contributed by atoms with Crippen molar-refractivity contribution in [1.29, 1.82) is 0 Å². The molecule has 1 aromatic rings. The number of rotatable bonds is 6. The molecule has 0 aliphatic carbocycles. The predicted molar refractivity (Wildman–Crippen MR) is 69.3 cm³/mol. The number of unbranched alkanes of at least 4 members (excludes halogenated alkanes) is 2. The number of aromatic carboxylic acids is 1. The summed E-state index contributed by atoms with van der Waals surface area (Å²) in [4.78, 5) is 22.5. The van der Waals surface area contributed by atoms with E-state index in [1.165, 1.54) is 6.07 Å². The van der Waals surface area contributed by atoms with Gasteiger partial charge in [0, 0.05) is 12.8 Å². The number of hydrogen-bond donors (Lipinski definition) is 2. The lowest BCUT2D eigenvalue weighted by molar-refractivity contribution is -0.116. The molecule has 0 bridgehead atoms. The van der Waals surface area contributed by atoms with Gasteiger partial charge in [0.2, 0.25) is 5.91 Å². The van der Waals surface area contributed by atoms with Crippen LogP contribution in [-0.2, 0) is 4.79 Å². The molecule has 0 atom stereocenters. The van der Waals surface area contributed by atoms with Gasteiger partial charge in [-0.3, -0.25) is 4.79 Å². The summed E-state index contributed by atoms with van der Waals surface area (Å²) in [5.41, 5.74) is -0.173. The van der Waals surface area contributed by atoms with Crippen LogP contribution in [0.4, 0.5) is 10.1 Å². The highest BCUT2D eigenvalue weighted by Gasteiger charge is 2.13. The topological polar surface area (TPSA) is 66.4 Å². The van der Waals surface area contributed by atoms with E-state index in [1.807, 2.05) is 0 Å². The zero-order valence-electron chi connectivity index (χ0n) is 10.3. The Bertz CT molecular complexity index is 520. The number of carbonyl (C=O) groups excluding carboxylic acids is 1. The van der Waals surface area contributed by atoms with Crippen LogP contribution in [0.5, 0.6) is 0 Å². The van der Waals surface area contributed by atoms with E-state index in [-0.39, 0.29) is 23.6 Å². The van der Waals surface area contributed by atoms with E-state index in [2.05, 4.69) is 11.2 Å². The molecular weight excluding hydrogens is 249 g/mol. The second-order valence-corrected chi connectivity index (χ2v) is 3.95. The van der Waals surface area contributed by atoms with Crippen molar-refractivity contribution in [2.45, 2.75) is 25.7 Å². The van der Waals surface area contributed by atoms with Gasteiger partial charge in [-0.1, -0.05) is 0 Å². The molecule has 4 nitrogen and oxygen atoms in total. The fourth-order valence-corrected chi connectivity index (χ4v) is 1.53. The maximum atomic E-state index is 12.9. The van der Waals surface area contributed by atoms with Crippen molar-refractivity contribution in [3.8, 4) is 12.3 Å². The van der Waals surface area contributed by atoms with E-state index < -0.39 is 11.8 Å². The Morgan fingerprint density at radius 2 is 2.11 bits per heavy atom. The lowest BCUT2D eigenvalue weighted by Crippen LogP contribution is -2.14. The van der Waals surface area contributed by atoms with E-state index >= 15 is 0 Å². The highest BCUT2D eigenvalue weighted by Crippen LogP contribution is 2.17. The molecule has 0 heterocycles. The van der Waals surface area contributed by atoms with Gasteiger partial charge in [0.05, 0.1) is 11.3 Å². The number of benzene rings is 1. The second kappa shape index (κ2) is 7.17. The summed E-state index contributed by atoms with van der Waals surface area (Å²) in [5.74, 6) is 0.204. The van der Waals surface area contributed by atoms with Crippen molar-refractivity contribution in [1.82, 2.24) is 0 Å². The number of halogens is 1. The summed E-state index contributed by atoms with van der Waals surface area (Å²) in [7, 11) is 0. The molecule has 0 aliphatic rings. The number of terminal acetylenes is 1. The largest absolute Gasteiger partial charge is 0.478 e. The maximum Gasteiger partial charge on any atom is 0.337 e. The van der Waals surface area contributed by atoms with E-state index in [0.717, 1.165) is 18.6 Å². The fraction of sp³-hybridized carbons (Fsp3) is 0.286. The molecular formula is C14H14FNO3. The van der Waals surface area contributed by atoms with E-state index in [9.17, 15) is 14.0 Å². The van der Waals surface area contributed by atoms with Crippen molar-refractivity contribution in [2.75, 3.05) is 5.32 Å². The molecule has 0 aliphatic heterocycles. The number of nitrogens with one attached hydrogen (secondary N) is 1. The third kappa shape index (κ3) is 4.80. The molecule has 2 N–H and O–H groups in total. The van der Waals surface area contributed by atoms with Crippen LogP contribution in [0.25, 0.3) is 0 Å². The molecule has 0 spiro atoms. The van der Waals surface area contributed by atoms with Crippen LogP contribution in [0.15, 0.2) is 18.2 Å². The SMILES string of the molecule is C#CCCCCC(=O)Nc1ccc(F)cc1C(=O)O. The molecule has 0 radical (unpaired) electrons. The number of anilines is 1. The van der Waals surface area contributed by atoms with E-state index in [0.29, 0.717) is 12.8 Å². The van der Waals surface area contributed by atoms with Gasteiger partial charge in [-0.25, -0.2) is 9.18 Å². The first kappa shape index (κ1) is 14.7. The zero-order valence-corrected chi connectivity index (χ0v) is 10.3. The van der Waals surface area contributed by atoms with Crippen LogP contribution in [0.1, 0.15) is 36.0 Å². The second-order valence-electron chi connectivity index (χ2n) is 3.95. The predicted octanol–water partition coefficient (Wildman–Crippen LogP) is 2.66. The first-order valence-corrected chi connectivity index (χ1v) is 5.80. The van der Waals surface area contributed by atoms with Crippen molar-refractivity contribution in [3.63, 3.8) is 0 Å². The fourth-order valence-electron chi connectivity index (χ4n) is 1.53. The van der Waals surface area contributed by atoms with Crippen LogP contribution in [-0.4, -0.2) is 17.0 Å². The standard InChI is InChI=1S/C14H14FNO3/c1-2-3-4-5-6-13(17)16-12-8-7-10(15)9-11(12)14(18)19/h1,7-9H,3-6H2,(H,16,17)(H,18,19). The molecule has 0 saturated heterocycles. The zero-order chi connectivity index (χ0) is 14.3. The Balaban J connectivity index is 2.64. The van der Waals surface area contributed by atoms with Gasteiger partial charge in [-0.2, -0.15) is 0 Å². The van der Waals surface area contributed by atoms with E-state index in [1.54, 1.807) is 0 Å². The van der Waals surface area contributed by atoms with Crippen LogP contribution in [0.2, 0.25) is 0 Å². The molecule has 100 valence electrons. The number of carbonyl (C=O) groups is 2. The molecule has 1 rings (SSSR count). The van der Waals surface area contributed by atoms with Crippen molar-refractivity contribution in [3.05, 3.63) is 29.6 Å². The average molecular weight is 263 g/mol. The number of amides is 1. The Kier molecular flexibility index (Phi) is 5.55. The quantitative estimate of drug-likeness (QED) is 0.612. The highest BCUT2D eigenvalue weighted by molar-refractivity contribution is 6.00. The van der Waals surface area contributed by atoms with Gasteiger partial charge in [-0.15, -0.1) is 12.3 Å². The van der Waals surface area contributed by atoms with Gasteiger partial charge < -0.3 is 10.4 Å². The van der Waals surface area contributed by atoms with Gasteiger partial charge in [0.25, 0.3) is 0 Å². The Labute approximate surface area is 110 Å². The highest BCUT2D eigenvalue weighted by atomic mass is 19.1. The summed E-state index contributed by atoms with van der Waals surface area (Å²) in [6, 6.07) is 3.20. The summed E-state index contributed by atoms with van der Waals surface area (Å²) < 4.78 is 12.9. The minimum Gasteiger partial charge on any atom is -0.478 e. The molecule has 0 saturated carbocycles. The molecule has 0 unspecified atom stereocenters. The Morgan fingerprint density at radius 1 is 1.37 bits per heavy atom. The monoisotopic (exact) mass is 263 g/mol. The summed E-state index contributed by atoms with van der Waals surface area (Å²) in [6.07, 6.45) is 7.29. The Hall–Kier alpha value is -2.35. The molecule has 1 amide bonds. The number of carboxylic acid groups (broad SMARTS) is 1. The summed E-state index contributed by atoms with van der Waals surface area (Å²) >= 11 is 0. The number of hydrogen-bond acceptors (Lipinski definition) is 2. The summed E-state index contributed by atoms with van der Waals surface area (Å²) in [5, 5.41) is 11.4. The minimum absolute atomic E-state index is 0.0934. The van der Waals surface area contributed by atoms with Crippen molar-refractivity contribution >= 4 is 17.6 Å². The van der Waals surface area contributed by atoms with Gasteiger partial charge >= 0.3 is 5.97 Å². The van der Waals surface area contributed by atoms with Crippen LogP contribution in [0.3, 0.4) is 0 Å². The third-order valence-corrected chi connectivity index (χ3v) is 2.46. The van der Waals surface area contributed by atoms with Gasteiger partial charge in [0.1, 0.15) is 5.82 Å². The maximum absolute atomic E-state index is 12.9. The molecule has 1 aromatic carbocycles.